The monoisotopic (exact) mass is 310 g/mol. The number of carbonyl (C=O) groups excluding carboxylic acids is 1. The smallest absolute Gasteiger partial charge is 0.251 e. The first-order valence-electron chi connectivity index (χ1n) is 7.57. The summed E-state index contributed by atoms with van der Waals surface area (Å²) in [6, 6.07) is 3.56. The summed E-state index contributed by atoms with van der Waals surface area (Å²) in [6.07, 6.45) is 2.15. The maximum absolute atomic E-state index is 12.4. The minimum Gasteiger partial charge on any atom is -0.370 e. The molecule has 1 saturated heterocycles. The molecule has 0 radical (unpaired) electrons. The highest BCUT2D eigenvalue weighted by Crippen LogP contribution is 2.16. The van der Waals surface area contributed by atoms with E-state index in [2.05, 4.69) is 27.4 Å². The Balaban J connectivity index is 2.02. The van der Waals surface area contributed by atoms with E-state index in [0.717, 1.165) is 39.0 Å². The number of halogens is 1. The number of pyridine rings is 1. The van der Waals surface area contributed by atoms with Crippen molar-refractivity contribution < 1.29 is 4.79 Å². The maximum Gasteiger partial charge on any atom is 0.251 e. The van der Waals surface area contributed by atoms with E-state index in [1.54, 1.807) is 12.1 Å². The molecule has 0 aliphatic carbocycles. The molecule has 21 heavy (non-hydrogen) atoms. The summed E-state index contributed by atoms with van der Waals surface area (Å²) in [5, 5.41) is 6.51. The molecule has 6 heteroatoms. The van der Waals surface area contributed by atoms with Crippen molar-refractivity contribution in [1.29, 1.82) is 0 Å². The fourth-order valence-electron chi connectivity index (χ4n) is 2.63. The van der Waals surface area contributed by atoms with Crippen molar-refractivity contribution in [2.24, 2.45) is 0 Å². The largest absolute Gasteiger partial charge is 0.370 e. The Bertz CT molecular complexity index is 495. The predicted octanol–water partition coefficient (Wildman–Crippen LogP) is 2.38. The van der Waals surface area contributed by atoms with Crippen molar-refractivity contribution in [3.63, 3.8) is 0 Å². The summed E-state index contributed by atoms with van der Waals surface area (Å²) >= 11 is 5.98. The molecule has 0 bridgehead atoms. The normalized spacial score (nSPS) is 19.3. The van der Waals surface area contributed by atoms with Gasteiger partial charge in [-0.1, -0.05) is 18.5 Å². The van der Waals surface area contributed by atoms with Crippen LogP contribution in [0.5, 0.6) is 0 Å². The van der Waals surface area contributed by atoms with Gasteiger partial charge in [-0.15, -0.1) is 0 Å². The molecule has 1 aromatic rings. The van der Waals surface area contributed by atoms with Gasteiger partial charge in [0.1, 0.15) is 11.0 Å². The number of hydrogen-bond acceptors (Lipinski definition) is 4. The molecular weight excluding hydrogens is 288 g/mol. The van der Waals surface area contributed by atoms with Crippen LogP contribution in [0.4, 0.5) is 5.82 Å². The average Bonchev–Trinajstić information content (AvgIpc) is 2.47. The van der Waals surface area contributed by atoms with Gasteiger partial charge in [-0.3, -0.25) is 4.79 Å². The number of likely N-dealkylation sites (N-methyl/N-ethyl adjacent to an activating group) is 1. The maximum atomic E-state index is 12.4. The molecule has 0 spiro atoms. The first-order valence-corrected chi connectivity index (χ1v) is 7.94. The number of likely N-dealkylation sites (tertiary alicyclic amines) is 1. The van der Waals surface area contributed by atoms with E-state index in [0.29, 0.717) is 16.5 Å². The molecular formula is C15H23ClN4O. The molecule has 2 N–H and O–H groups in total. The van der Waals surface area contributed by atoms with Gasteiger partial charge < -0.3 is 15.5 Å². The van der Waals surface area contributed by atoms with E-state index in [1.807, 2.05) is 6.92 Å². The van der Waals surface area contributed by atoms with E-state index in [9.17, 15) is 4.79 Å². The summed E-state index contributed by atoms with van der Waals surface area (Å²) in [6.45, 7) is 7.93. The Morgan fingerprint density at radius 1 is 1.48 bits per heavy atom. The zero-order chi connectivity index (χ0) is 15.2. The average molecular weight is 311 g/mol. The van der Waals surface area contributed by atoms with Crippen molar-refractivity contribution in [2.75, 3.05) is 31.5 Å². The molecule has 116 valence electrons. The molecule has 1 aliphatic rings. The zero-order valence-corrected chi connectivity index (χ0v) is 13.4. The minimum absolute atomic E-state index is 0.0820. The molecule has 1 aromatic heterocycles. The predicted molar refractivity (Wildman–Crippen MR) is 86.0 cm³/mol. The molecule has 2 rings (SSSR count). The molecule has 0 saturated carbocycles. The van der Waals surface area contributed by atoms with Crippen molar-refractivity contribution in [3.05, 3.63) is 22.8 Å². The van der Waals surface area contributed by atoms with Crippen molar-refractivity contribution >= 4 is 23.3 Å². The third kappa shape index (κ3) is 4.58. The van der Waals surface area contributed by atoms with Crippen LogP contribution in [0, 0.1) is 0 Å². The van der Waals surface area contributed by atoms with Gasteiger partial charge in [-0.25, -0.2) is 4.98 Å². The zero-order valence-electron chi connectivity index (χ0n) is 12.7. The number of nitrogens with zero attached hydrogens (tertiary/aromatic N) is 2. The lowest BCUT2D eigenvalue weighted by atomic mass is 10.1. The highest BCUT2D eigenvalue weighted by atomic mass is 35.5. The molecule has 2 heterocycles. The Labute approximate surface area is 131 Å². The van der Waals surface area contributed by atoms with Crippen molar-refractivity contribution in [1.82, 2.24) is 15.2 Å². The van der Waals surface area contributed by atoms with Crippen LogP contribution >= 0.6 is 11.6 Å². The minimum atomic E-state index is -0.0820. The highest BCUT2D eigenvalue weighted by molar-refractivity contribution is 6.29. The van der Waals surface area contributed by atoms with Gasteiger partial charge in [-0.2, -0.15) is 0 Å². The van der Waals surface area contributed by atoms with E-state index in [4.69, 9.17) is 11.6 Å². The molecule has 1 aliphatic heterocycles. The Kier molecular flexibility index (Phi) is 5.82. The topological polar surface area (TPSA) is 57.3 Å². The molecule has 1 atom stereocenters. The summed E-state index contributed by atoms with van der Waals surface area (Å²) in [5.41, 5.74) is 0.555. The third-order valence-electron chi connectivity index (χ3n) is 3.70. The van der Waals surface area contributed by atoms with Gasteiger partial charge >= 0.3 is 0 Å². The number of hydrogen-bond donors (Lipinski definition) is 2. The van der Waals surface area contributed by atoms with Gasteiger partial charge in [0.25, 0.3) is 5.91 Å². The summed E-state index contributed by atoms with van der Waals surface area (Å²) in [5.74, 6) is 0.551. The number of nitrogens with one attached hydrogen (secondary N) is 2. The van der Waals surface area contributed by atoms with Crippen LogP contribution in [-0.4, -0.2) is 48.0 Å². The number of aromatic nitrogens is 1. The highest BCUT2D eigenvalue weighted by Gasteiger charge is 2.21. The van der Waals surface area contributed by atoms with Crippen molar-refractivity contribution in [2.45, 2.75) is 32.7 Å². The number of rotatable bonds is 5. The Morgan fingerprint density at radius 2 is 2.29 bits per heavy atom. The lowest BCUT2D eigenvalue weighted by molar-refractivity contribution is 0.0906. The standard InChI is InChI=1S/C15H23ClN4O/c1-3-17-14-9-11(8-13(16)19-14)15(21)18-12-6-5-7-20(4-2)10-12/h8-9,12H,3-7,10H2,1-2H3,(H,17,19)(H,18,21). The van der Waals surface area contributed by atoms with Crippen LogP contribution < -0.4 is 10.6 Å². The molecule has 1 fully saturated rings. The van der Waals surface area contributed by atoms with Gasteiger partial charge in [0.15, 0.2) is 0 Å². The van der Waals surface area contributed by atoms with Crippen LogP contribution in [0.15, 0.2) is 12.1 Å². The second-order valence-electron chi connectivity index (χ2n) is 5.30. The first-order chi connectivity index (χ1) is 10.1. The van der Waals surface area contributed by atoms with E-state index in [1.165, 1.54) is 0 Å². The molecule has 1 amide bonds. The Morgan fingerprint density at radius 3 is 3.00 bits per heavy atom. The second-order valence-corrected chi connectivity index (χ2v) is 5.69. The van der Waals surface area contributed by atoms with Crippen LogP contribution in [0.1, 0.15) is 37.0 Å². The third-order valence-corrected chi connectivity index (χ3v) is 3.90. The number of carbonyl (C=O) groups is 1. The molecule has 0 aromatic carbocycles. The van der Waals surface area contributed by atoms with Gasteiger partial charge in [0.05, 0.1) is 0 Å². The van der Waals surface area contributed by atoms with Crippen LogP contribution in [0.2, 0.25) is 5.15 Å². The lowest BCUT2D eigenvalue weighted by Gasteiger charge is -2.32. The Hall–Kier alpha value is -1.33. The number of piperidine rings is 1. The quantitative estimate of drug-likeness (QED) is 0.820. The summed E-state index contributed by atoms with van der Waals surface area (Å²) < 4.78 is 0. The van der Waals surface area contributed by atoms with E-state index in [-0.39, 0.29) is 11.9 Å². The van der Waals surface area contributed by atoms with Gasteiger partial charge in [0.2, 0.25) is 0 Å². The van der Waals surface area contributed by atoms with Crippen molar-refractivity contribution in [3.8, 4) is 0 Å². The fourth-order valence-corrected chi connectivity index (χ4v) is 2.84. The van der Waals surface area contributed by atoms with Gasteiger partial charge in [0, 0.05) is 24.7 Å². The first kappa shape index (κ1) is 16.0. The fraction of sp³-hybridized carbons (Fsp3) is 0.600. The van der Waals surface area contributed by atoms with E-state index < -0.39 is 0 Å². The van der Waals surface area contributed by atoms with Crippen LogP contribution in [0.3, 0.4) is 0 Å². The van der Waals surface area contributed by atoms with Crippen LogP contribution in [0.25, 0.3) is 0 Å². The van der Waals surface area contributed by atoms with Crippen LogP contribution in [-0.2, 0) is 0 Å². The molecule has 5 nitrogen and oxygen atoms in total. The lowest BCUT2D eigenvalue weighted by Crippen LogP contribution is -2.47. The molecule has 1 unspecified atom stereocenters. The van der Waals surface area contributed by atoms with Gasteiger partial charge in [-0.05, 0) is 45.0 Å². The summed E-state index contributed by atoms with van der Waals surface area (Å²) in [4.78, 5) is 18.9. The number of amides is 1. The van der Waals surface area contributed by atoms with E-state index >= 15 is 0 Å². The summed E-state index contributed by atoms with van der Waals surface area (Å²) in [7, 11) is 0. The SMILES string of the molecule is CCNc1cc(C(=O)NC2CCCN(CC)C2)cc(Cl)n1. The second kappa shape index (κ2) is 7.61. The number of anilines is 1.